The molecule has 0 spiro atoms. The van der Waals surface area contributed by atoms with Gasteiger partial charge in [0.05, 0.1) is 12.0 Å². The molecular weight excluding hydrogens is 296 g/mol. The molecule has 0 aromatic rings. The number of carboxylic acids is 1. The van der Waals surface area contributed by atoms with E-state index in [2.05, 4.69) is 13.8 Å². The number of thioether (sulfide) groups is 2. The first-order valence-electron chi connectivity index (χ1n) is 6.76. The van der Waals surface area contributed by atoms with Crippen molar-refractivity contribution in [2.45, 2.75) is 31.6 Å². The molecule has 2 heterocycles. The zero-order chi connectivity index (χ0) is 14.9. The summed E-state index contributed by atoms with van der Waals surface area (Å²) in [6.45, 7) is 4.63. The Morgan fingerprint density at radius 1 is 1.60 bits per heavy atom. The number of nitrogens with two attached hydrogens (primary N) is 1. The van der Waals surface area contributed by atoms with Gasteiger partial charge in [-0.15, -0.1) is 11.8 Å². The Labute approximate surface area is 127 Å². The lowest BCUT2D eigenvalue weighted by atomic mass is 9.85. The van der Waals surface area contributed by atoms with Crippen LogP contribution in [0.15, 0.2) is 10.6 Å². The van der Waals surface area contributed by atoms with Gasteiger partial charge in [0.1, 0.15) is 5.70 Å². The summed E-state index contributed by atoms with van der Waals surface area (Å²) >= 11 is 3.23. The van der Waals surface area contributed by atoms with Crippen LogP contribution in [0.1, 0.15) is 20.3 Å². The summed E-state index contributed by atoms with van der Waals surface area (Å²) in [5.74, 6) is 0.556. The fourth-order valence-electron chi connectivity index (χ4n) is 2.89. The minimum atomic E-state index is -1.00. The molecule has 0 bridgehead atoms. The molecule has 1 amide bonds. The number of rotatable bonds is 7. The van der Waals surface area contributed by atoms with Crippen LogP contribution in [0.2, 0.25) is 0 Å². The summed E-state index contributed by atoms with van der Waals surface area (Å²) in [6, 6.07) is 0.0305. The molecule has 0 unspecified atom stereocenters. The monoisotopic (exact) mass is 316 g/mol. The number of fused-ring (bicyclic) bond motifs is 1. The quantitative estimate of drug-likeness (QED) is 0.690. The summed E-state index contributed by atoms with van der Waals surface area (Å²) < 4.78 is 0. The first-order valence-corrected chi connectivity index (χ1v) is 8.80. The minimum Gasteiger partial charge on any atom is -0.477 e. The number of nitrogens with zero attached hydrogens (tertiary/aromatic N) is 1. The van der Waals surface area contributed by atoms with E-state index in [4.69, 9.17) is 5.73 Å². The highest BCUT2D eigenvalue weighted by atomic mass is 32.2. The van der Waals surface area contributed by atoms with Crippen molar-refractivity contribution in [1.82, 2.24) is 4.90 Å². The Balaban J connectivity index is 2.15. The van der Waals surface area contributed by atoms with Crippen LogP contribution in [0.5, 0.6) is 0 Å². The Bertz CT molecular complexity index is 453. The molecule has 3 N–H and O–H groups in total. The zero-order valence-electron chi connectivity index (χ0n) is 11.7. The van der Waals surface area contributed by atoms with E-state index >= 15 is 0 Å². The van der Waals surface area contributed by atoms with Gasteiger partial charge in [-0.3, -0.25) is 4.79 Å². The smallest absolute Gasteiger partial charge is 0.353 e. The van der Waals surface area contributed by atoms with Gasteiger partial charge >= 0.3 is 5.97 Å². The van der Waals surface area contributed by atoms with Crippen LogP contribution >= 0.6 is 23.5 Å². The highest BCUT2D eigenvalue weighted by molar-refractivity contribution is 8.03. The number of aliphatic carboxylic acids is 1. The molecule has 0 aromatic heterocycles. The maximum atomic E-state index is 12.3. The zero-order valence-corrected chi connectivity index (χ0v) is 13.3. The molecule has 2 aliphatic heterocycles. The average molecular weight is 316 g/mol. The second-order valence-corrected chi connectivity index (χ2v) is 7.72. The second kappa shape index (κ2) is 6.41. The number of hydrogen-bond donors (Lipinski definition) is 2. The normalized spacial score (nSPS) is 26.6. The van der Waals surface area contributed by atoms with Crippen LogP contribution in [0.4, 0.5) is 0 Å². The number of carboxylic acid groups (broad SMARTS) is 1. The number of amides is 1. The third-order valence-electron chi connectivity index (χ3n) is 3.70. The molecule has 2 rings (SSSR count). The van der Waals surface area contributed by atoms with E-state index in [0.29, 0.717) is 18.7 Å². The van der Waals surface area contributed by atoms with Crippen molar-refractivity contribution in [2.24, 2.45) is 11.7 Å². The summed E-state index contributed by atoms with van der Waals surface area (Å²) in [4.78, 5) is 26.0. The fourth-order valence-corrected chi connectivity index (χ4v) is 4.90. The second-order valence-electron chi connectivity index (χ2n) is 4.88. The predicted molar refractivity (Wildman–Crippen MR) is 82.5 cm³/mol. The summed E-state index contributed by atoms with van der Waals surface area (Å²) in [5, 5.41) is 9.59. The number of carbonyl (C=O) groups is 2. The Morgan fingerprint density at radius 3 is 2.85 bits per heavy atom. The van der Waals surface area contributed by atoms with Gasteiger partial charge < -0.3 is 15.7 Å². The van der Waals surface area contributed by atoms with Crippen molar-refractivity contribution in [3.63, 3.8) is 0 Å². The highest BCUT2D eigenvalue weighted by Gasteiger charge is 2.56. The summed E-state index contributed by atoms with van der Waals surface area (Å²) in [5.41, 5.74) is 5.66. The van der Waals surface area contributed by atoms with Gasteiger partial charge in [0.2, 0.25) is 5.91 Å². The Kier molecular flexibility index (Phi) is 5.04. The molecule has 112 valence electrons. The number of hydrogen-bond acceptors (Lipinski definition) is 5. The molecule has 1 fully saturated rings. The fraction of sp³-hybridized carbons (Fsp3) is 0.692. The minimum absolute atomic E-state index is 0.0305. The van der Waals surface area contributed by atoms with E-state index in [1.165, 1.54) is 16.7 Å². The van der Waals surface area contributed by atoms with Gasteiger partial charge in [-0.1, -0.05) is 13.8 Å². The van der Waals surface area contributed by atoms with Gasteiger partial charge in [0.15, 0.2) is 0 Å². The SMILES string of the molecule is CCS[C@H](C)[C@H]1C(=O)N2C(C(=O)O)=C(SCCN)C[C@H]12. The van der Waals surface area contributed by atoms with E-state index < -0.39 is 5.97 Å². The van der Waals surface area contributed by atoms with E-state index in [1.54, 1.807) is 11.8 Å². The van der Waals surface area contributed by atoms with Gasteiger partial charge in [0, 0.05) is 28.9 Å². The molecule has 0 radical (unpaired) electrons. The van der Waals surface area contributed by atoms with Crippen LogP contribution < -0.4 is 5.73 Å². The lowest BCUT2D eigenvalue weighted by molar-refractivity contribution is -0.154. The van der Waals surface area contributed by atoms with Crippen molar-refractivity contribution < 1.29 is 14.7 Å². The predicted octanol–water partition coefficient (Wildman–Crippen LogP) is 1.35. The molecule has 0 aliphatic carbocycles. The van der Waals surface area contributed by atoms with Gasteiger partial charge in [-0.2, -0.15) is 11.8 Å². The average Bonchev–Trinajstić information content (AvgIpc) is 2.71. The summed E-state index contributed by atoms with van der Waals surface area (Å²) in [7, 11) is 0. The van der Waals surface area contributed by atoms with Crippen LogP contribution in [0, 0.1) is 5.92 Å². The van der Waals surface area contributed by atoms with E-state index in [0.717, 1.165) is 10.7 Å². The largest absolute Gasteiger partial charge is 0.477 e. The lowest BCUT2D eigenvalue weighted by Crippen LogP contribution is -2.61. The van der Waals surface area contributed by atoms with Crippen molar-refractivity contribution in [3.05, 3.63) is 10.6 Å². The number of carbonyl (C=O) groups excluding carboxylic acids is 1. The third-order valence-corrected chi connectivity index (χ3v) is 6.00. The van der Waals surface area contributed by atoms with Gasteiger partial charge in [-0.05, 0) is 5.75 Å². The van der Waals surface area contributed by atoms with Gasteiger partial charge in [0.25, 0.3) is 0 Å². The van der Waals surface area contributed by atoms with Crippen LogP contribution in [0.25, 0.3) is 0 Å². The molecular formula is C13H20N2O3S2. The third kappa shape index (κ3) is 2.58. The molecule has 0 aromatic carbocycles. The topological polar surface area (TPSA) is 83.6 Å². The van der Waals surface area contributed by atoms with Crippen molar-refractivity contribution in [1.29, 1.82) is 0 Å². The van der Waals surface area contributed by atoms with Crippen molar-refractivity contribution in [2.75, 3.05) is 18.1 Å². The number of β-lactam (4-membered cyclic amide) rings is 1. The molecule has 5 nitrogen and oxygen atoms in total. The van der Waals surface area contributed by atoms with Crippen LogP contribution in [-0.4, -0.2) is 51.2 Å². The van der Waals surface area contributed by atoms with Gasteiger partial charge in [-0.25, -0.2) is 4.79 Å². The standard InChI is InChI=1S/C13H20N2O3S2/c1-3-19-7(2)10-8-6-9(20-5-4-14)11(13(17)18)15(8)12(10)16/h7-8,10H,3-6,14H2,1-2H3,(H,17,18)/t7-,8-,10-/m1/s1. The molecule has 0 saturated carbocycles. The van der Waals surface area contributed by atoms with Crippen molar-refractivity contribution in [3.8, 4) is 0 Å². The molecule has 2 aliphatic rings. The van der Waals surface area contributed by atoms with Crippen LogP contribution in [0.3, 0.4) is 0 Å². The molecule has 3 atom stereocenters. The first kappa shape index (κ1) is 15.7. The Morgan fingerprint density at radius 2 is 2.30 bits per heavy atom. The summed E-state index contributed by atoms with van der Waals surface area (Å²) in [6.07, 6.45) is 0.664. The first-order chi connectivity index (χ1) is 9.52. The van der Waals surface area contributed by atoms with E-state index in [-0.39, 0.29) is 28.8 Å². The molecule has 20 heavy (non-hydrogen) atoms. The highest BCUT2D eigenvalue weighted by Crippen LogP contribution is 2.48. The molecule has 1 saturated heterocycles. The van der Waals surface area contributed by atoms with E-state index in [9.17, 15) is 14.7 Å². The van der Waals surface area contributed by atoms with Crippen LogP contribution in [-0.2, 0) is 9.59 Å². The van der Waals surface area contributed by atoms with E-state index in [1.807, 2.05) is 0 Å². The lowest BCUT2D eigenvalue weighted by Gasteiger charge is -2.45. The maximum Gasteiger partial charge on any atom is 0.353 e. The van der Waals surface area contributed by atoms with Crippen molar-refractivity contribution >= 4 is 35.4 Å². The Hall–Kier alpha value is -0.660. The molecule has 7 heteroatoms. The maximum absolute atomic E-state index is 12.3.